The van der Waals surface area contributed by atoms with Crippen molar-refractivity contribution < 1.29 is 9.84 Å². The number of fused-ring (bicyclic) bond motifs is 2. The van der Waals surface area contributed by atoms with Gasteiger partial charge in [-0.1, -0.05) is 0 Å². The Balaban J connectivity index is 1.31. The molecule has 2 saturated heterocycles. The number of imidazole rings is 1. The highest BCUT2D eigenvalue weighted by Gasteiger charge is 2.34. The fourth-order valence-corrected chi connectivity index (χ4v) is 4.11. The molecule has 27 heavy (non-hydrogen) atoms. The Morgan fingerprint density at radius 1 is 1.07 bits per heavy atom. The molecule has 0 aliphatic carbocycles. The molecule has 138 valence electrons. The molecule has 0 spiro atoms. The predicted octanol–water partition coefficient (Wildman–Crippen LogP) is 2.70. The van der Waals surface area contributed by atoms with E-state index in [1.807, 2.05) is 35.0 Å². The van der Waals surface area contributed by atoms with Gasteiger partial charge in [-0.3, -0.25) is 0 Å². The molecule has 1 aromatic carbocycles. The first-order chi connectivity index (χ1) is 13.2. The number of ether oxygens (including phenoxy) is 1. The van der Waals surface area contributed by atoms with Gasteiger partial charge in [0.15, 0.2) is 0 Å². The average Bonchev–Trinajstić information content (AvgIpc) is 3.32. The van der Waals surface area contributed by atoms with Gasteiger partial charge in [0.05, 0.1) is 17.7 Å². The second kappa shape index (κ2) is 6.66. The lowest BCUT2D eigenvalue weighted by Crippen LogP contribution is -2.42. The summed E-state index contributed by atoms with van der Waals surface area (Å²) in [4.78, 5) is 4.02. The summed E-state index contributed by atoms with van der Waals surface area (Å²) in [6.07, 6.45) is 9.94. The van der Waals surface area contributed by atoms with Crippen molar-refractivity contribution in [3.63, 3.8) is 0 Å². The third-order valence-electron chi connectivity index (χ3n) is 5.42. The summed E-state index contributed by atoms with van der Waals surface area (Å²) in [5.41, 5.74) is 2.09. The number of phenols is 1. The number of aromatic nitrogens is 4. The highest BCUT2D eigenvalue weighted by molar-refractivity contribution is 5.68. The van der Waals surface area contributed by atoms with Crippen molar-refractivity contribution in [2.75, 3.05) is 0 Å². The lowest BCUT2D eigenvalue weighted by molar-refractivity contribution is 0.130. The van der Waals surface area contributed by atoms with Crippen LogP contribution >= 0.6 is 0 Å². The van der Waals surface area contributed by atoms with Crippen LogP contribution in [0.3, 0.4) is 0 Å². The summed E-state index contributed by atoms with van der Waals surface area (Å²) < 4.78 is 7.87. The Morgan fingerprint density at radius 2 is 1.93 bits per heavy atom. The van der Waals surface area contributed by atoms with E-state index in [0.717, 1.165) is 18.5 Å². The quantitative estimate of drug-likeness (QED) is 0.741. The van der Waals surface area contributed by atoms with Gasteiger partial charge < -0.3 is 19.7 Å². The van der Waals surface area contributed by atoms with Crippen molar-refractivity contribution in [3.05, 3.63) is 49.1 Å². The Kier molecular flexibility index (Phi) is 4.01. The number of piperidine rings is 1. The highest BCUT2D eigenvalue weighted by atomic mass is 16.5. The van der Waals surface area contributed by atoms with Crippen LogP contribution in [-0.2, 0) is 0 Å². The molecule has 5 rings (SSSR count). The van der Waals surface area contributed by atoms with Crippen molar-refractivity contribution in [1.82, 2.24) is 25.1 Å². The van der Waals surface area contributed by atoms with Crippen LogP contribution in [0.2, 0.25) is 0 Å². The van der Waals surface area contributed by atoms with E-state index in [4.69, 9.17) is 4.74 Å². The molecule has 7 nitrogen and oxygen atoms in total. The van der Waals surface area contributed by atoms with Gasteiger partial charge in [0.1, 0.15) is 11.9 Å². The minimum atomic E-state index is 0.152. The van der Waals surface area contributed by atoms with Crippen LogP contribution in [0, 0.1) is 0 Å². The van der Waals surface area contributed by atoms with Gasteiger partial charge in [0.2, 0.25) is 5.88 Å². The summed E-state index contributed by atoms with van der Waals surface area (Å²) in [6, 6.07) is 10.2. The molecule has 2 unspecified atom stereocenters. The second-order valence-corrected chi connectivity index (χ2v) is 7.28. The summed E-state index contributed by atoms with van der Waals surface area (Å²) in [5, 5.41) is 22.5. The molecule has 3 atom stereocenters. The minimum absolute atomic E-state index is 0.152. The fourth-order valence-electron chi connectivity index (χ4n) is 4.11. The third kappa shape index (κ3) is 3.26. The Hall–Kier alpha value is -2.93. The van der Waals surface area contributed by atoms with E-state index in [1.54, 1.807) is 18.6 Å². The van der Waals surface area contributed by atoms with Gasteiger partial charge in [0.25, 0.3) is 0 Å². The maximum atomic E-state index is 10.4. The molecule has 7 heteroatoms. The van der Waals surface area contributed by atoms with E-state index in [0.29, 0.717) is 29.2 Å². The number of nitrogens with one attached hydrogen (secondary N) is 1. The Labute approximate surface area is 157 Å². The van der Waals surface area contributed by atoms with Gasteiger partial charge in [-0.25, -0.2) is 4.98 Å². The summed E-state index contributed by atoms with van der Waals surface area (Å²) >= 11 is 0. The predicted molar refractivity (Wildman–Crippen MR) is 99.9 cm³/mol. The lowest BCUT2D eigenvalue weighted by atomic mass is 10.0. The zero-order valence-corrected chi connectivity index (χ0v) is 14.8. The molecule has 3 aromatic rings. The van der Waals surface area contributed by atoms with Gasteiger partial charge >= 0.3 is 0 Å². The van der Waals surface area contributed by atoms with Crippen molar-refractivity contribution in [1.29, 1.82) is 0 Å². The number of benzene rings is 1. The van der Waals surface area contributed by atoms with E-state index in [1.165, 1.54) is 12.8 Å². The van der Waals surface area contributed by atoms with E-state index in [-0.39, 0.29) is 11.9 Å². The smallest absolute Gasteiger partial charge is 0.233 e. The van der Waals surface area contributed by atoms with Gasteiger partial charge in [-0.2, -0.15) is 0 Å². The van der Waals surface area contributed by atoms with Crippen LogP contribution < -0.4 is 10.1 Å². The SMILES string of the molecule is Oc1cc(-n2ccnc2)ccc1-c1ccc(OC2CC3CC[C@H](C2)N3)nn1. The fraction of sp³-hybridized carbons (Fsp3) is 0.350. The van der Waals surface area contributed by atoms with E-state index < -0.39 is 0 Å². The average molecular weight is 363 g/mol. The van der Waals surface area contributed by atoms with Crippen LogP contribution in [0.25, 0.3) is 16.9 Å². The van der Waals surface area contributed by atoms with Crippen LogP contribution in [0.4, 0.5) is 0 Å². The highest BCUT2D eigenvalue weighted by Crippen LogP contribution is 2.31. The molecule has 2 aliphatic heterocycles. The summed E-state index contributed by atoms with van der Waals surface area (Å²) in [5.74, 6) is 0.693. The molecule has 4 heterocycles. The maximum Gasteiger partial charge on any atom is 0.233 e. The van der Waals surface area contributed by atoms with Gasteiger partial charge in [-0.15, -0.1) is 10.2 Å². The number of nitrogens with zero attached hydrogens (tertiary/aromatic N) is 4. The lowest BCUT2D eigenvalue weighted by Gasteiger charge is -2.28. The molecular formula is C20H21N5O2. The summed E-state index contributed by atoms with van der Waals surface area (Å²) in [6.45, 7) is 0. The number of phenolic OH excluding ortho intramolecular Hbond substituents is 1. The molecule has 0 amide bonds. The van der Waals surface area contributed by atoms with Gasteiger partial charge in [-0.05, 0) is 43.9 Å². The molecule has 0 radical (unpaired) electrons. The maximum absolute atomic E-state index is 10.4. The number of hydrogen-bond donors (Lipinski definition) is 2. The Morgan fingerprint density at radius 3 is 2.59 bits per heavy atom. The molecule has 2 N–H and O–H groups in total. The van der Waals surface area contributed by atoms with Crippen molar-refractivity contribution in [2.45, 2.75) is 43.9 Å². The normalized spacial score (nSPS) is 24.1. The van der Waals surface area contributed by atoms with Crippen LogP contribution in [0.5, 0.6) is 11.6 Å². The molecule has 2 aliphatic rings. The first kappa shape index (κ1) is 16.3. The Bertz CT molecular complexity index is 914. The molecule has 2 bridgehead atoms. The number of hydrogen-bond acceptors (Lipinski definition) is 6. The zero-order valence-electron chi connectivity index (χ0n) is 14.8. The first-order valence-electron chi connectivity index (χ1n) is 9.33. The van der Waals surface area contributed by atoms with E-state index in [2.05, 4.69) is 20.5 Å². The van der Waals surface area contributed by atoms with Crippen molar-refractivity contribution >= 4 is 0 Å². The largest absolute Gasteiger partial charge is 0.507 e. The second-order valence-electron chi connectivity index (χ2n) is 7.28. The first-order valence-corrected chi connectivity index (χ1v) is 9.33. The molecule has 2 fully saturated rings. The van der Waals surface area contributed by atoms with Crippen LogP contribution in [0.15, 0.2) is 49.1 Å². The van der Waals surface area contributed by atoms with E-state index >= 15 is 0 Å². The topological polar surface area (TPSA) is 85.1 Å². The molecule has 2 aromatic heterocycles. The number of aromatic hydroxyl groups is 1. The molecular weight excluding hydrogens is 342 g/mol. The molecule has 0 saturated carbocycles. The van der Waals surface area contributed by atoms with Gasteiger partial charge in [0, 0.05) is 42.2 Å². The van der Waals surface area contributed by atoms with Crippen LogP contribution in [0.1, 0.15) is 25.7 Å². The van der Waals surface area contributed by atoms with Crippen molar-refractivity contribution in [2.24, 2.45) is 0 Å². The third-order valence-corrected chi connectivity index (χ3v) is 5.42. The van der Waals surface area contributed by atoms with E-state index in [9.17, 15) is 5.11 Å². The standard InChI is InChI=1S/C20H21N5O2/c26-19-11-15(25-8-7-21-12-25)3-4-17(19)18-5-6-20(24-23-18)27-16-9-13-1-2-14(10-16)22-13/h3-8,11-14,16,22,26H,1-2,9-10H2/t13-,14?,16?/m1/s1. The van der Waals surface area contributed by atoms with Crippen molar-refractivity contribution in [3.8, 4) is 28.6 Å². The monoisotopic (exact) mass is 363 g/mol. The number of rotatable bonds is 4. The minimum Gasteiger partial charge on any atom is -0.507 e. The van der Waals surface area contributed by atoms with Crippen LogP contribution in [-0.4, -0.2) is 43.0 Å². The zero-order chi connectivity index (χ0) is 18.2. The summed E-state index contributed by atoms with van der Waals surface area (Å²) in [7, 11) is 0.